The lowest BCUT2D eigenvalue weighted by molar-refractivity contribution is 0.0259. The Morgan fingerprint density at radius 2 is 2.00 bits per heavy atom. The Morgan fingerprint density at radius 1 is 1.23 bits per heavy atom. The number of anilines is 1. The Bertz CT molecular complexity index is 1090. The fourth-order valence-corrected chi connectivity index (χ4v) is 4.99. The number of aliphatic hydroxyl groups is 1. The second-order valence-electron chi connectivity index (χ2n) is 7.41. The third-order valence-electron chi connectivity index (χ3n) is 5.57. The van der Waals surface area contributed by atoms with E-state index in [1.165, 1.54) is 18.5 Å². The van der Waals surface area contributed by atoms with Crippen LogP contribution in [0.4, 0.5) is 19.0 Å². The summed E-state index contributed by atoms with van der Waals surface area (Å²) in [4.78, 5) is 8.53. The van der Waals surface area contributed by atoms with Crippen molar-refractivity contribution < 1.29 is 23.0 Å². The van der Waals surface area contributed by atoms with Gasteiger partial charge in [0.25, 0.3) is 6.43 Å². The molecule has 1 aromatic heterocycles. The van der Waals surface area contributed by atoms with Gasteiger partial charge in [-0.05, 0) is 30.4 Å². The molecular weight excluding hydrogens is 427 g/mol. The molecule has 2 aromatic carbocycles. The van der Waals surface area contributed by atoms with Crippen molar-refractivity contribution in [3.8, 4) is 5.75 Å². The average Bonchev–Trinajstić information content (AvgIpc) is 2.77. The molecule has 0 aliphatic carbocycles. The first-order chi connectivity index (χ1) is 14.9. The van der Waals surface area contributed by atoms with Gasteiger partial charge in [0, 0.05) is 29.1 Å². The molecule has 0 atom stereocenters. The van der Waals surface area contributed by atoms with Crippen molar-refractivity contribution in [1.29, 1.82) is 0 Å². The monoisotopic (exact) mass is 449 g/mol. The van der Waals surface area contributed by atoms with Gasteiger partial charge < -0.3 is 15.2 Å². The van der Waals surface area contributed by atoms with Gasteiger partial charge in [0.05, 0.1) is 23.8 Å². The van der Waals surface area contributed by atoms with Crippen LogP contribution < -0.4 is 10.1 Å². The van der Waals surface area contributed by atoms with Crippen molar-refractivity contribution in [1.82, 2.24) is 9.97 Å². The lowest BCUT2D eigenvalue weighted by Gasteiger charge is -2.33. The van der Waals surface area contributed by atoms with E-state index in [4.69, 9.17) is 4.74 Å². The van der Waals surface area contributed by atoms with E-state index in [-0.39, 0.29) is 12.1 Å². The highest BCUT2D eigenvalue weighted by molar-refractivity contribution is 7.99. The number of fused-ring (bicyclic) bond motifs is 1. The van der Waals surface area contributed by atoms with Gasteiger partial charge in [0.15, 0.2) is 0 Å². The SMILES string of the molecule is COc1cc2ncnc(NCc3cccc(C(F)F)c3F)c2cc1C1(O)CCSCC1. The molecule has 1 fully saturated rings. The molecule has 1 aliphatic rings. The minimum absolute atomic E-state index is 0.0270. The largest absolute Gasteiger partial charge is 0.496 e. The summed E-state index contributed by atoms with van der Waals surface area (Å²) in [5, 5.41) is 14.9. The van der Waals surface area contributed by atoms with E-state index < -0.39 is 23.4 Å². The molecule has 0 spiro atoms. The number of rotatable bonds is 6. The van der Waals surface area contributed by atoms with Gasteiger partial charge in [0.1, 0.15) is 23.7 Å². The smallest absolute Gasteiger partial charge is 0.266 e. The summed E-state index contributed by atoms with van der Waals surface area (Å²) in [6.45, 7) is -0.0270. The summed E-state index contributed by atoms with van der Waals surface area (Å²) in [6.07, 6.45) is -0.325. The molecule has 0 saturated carbocycles. The van der Waals surface area contributed by atoms with Gasteiger partial charge in [-0.2, -0.15) is 11.8 Å². The van der Waals surface area contributed by atoms with E-state index in [1.54, 1.807) is 31.0 Å². The van der Waals surface area contributed by atoms with Crippen molar-refractivity contribution in [2.24, 2.45) is 0 Å². The first-order valence-electron chi connectivity index (χ1n) is 9.85. The molecule has 9 heteroatoms. The number of nitrogens with one attached hydrogen (secondary N) is 1. The Kier molecular flexibility index (Phi) is 6.24. The van der Waals surface area contributed by atoms with Crippen LogP contribution in [0.15, 0.2) is 36.7 Å². The van der Waals surface area contributed by atoms with Gasteiger partial charge in [-0.25, -0.2) is 23.1 Å². The van der Waals surface area contributed by atoms with Gasteiger partial charge in [0.2, 0.25) is 0 Å². The zero-order chi connectivity index (χ0) is 22.0. The molecule has 1 saturated heterocycles. The van der Waals surface area contributed by atoms with Gasteiger partial charge in [-0.15, -0.1) is 0 Å². The standard InChI is InChI=1S/C22H22F3N3O2S/c1-30-18-10-17-15(9-16(18)22(29)5-7-31-8-6-22)21(28-12-27-17)26-11-13-3-2-4-14(19(13)23)20(24)25/h2-4,9-10,12,20,29H,5-8,11H2,1H3,(H,26,27,28). The highest BCUT2D eigenvalue weighted by atomic mass is 32.2. The van der Waals surface area contributed by atoms with Crippen molar-refractivity contribution in [3.05, 3.63) is 59.2 Å². The highest BCUT2D eigenvalue weighted by Crippen LogP contribution is 2.42. The Balaban J connectivity index is 1.71. The maximum absolute atomic E-state index is 14.4. The average molecular weight is 449 g/mol. The second-order valence-corrected chi connectivity index (χ2v) is 8.64. The molecule has 0 bridgehead atoms. The van der Waals surface area contributed by atoms with E-state index in [0.29, 0.717) is 40.9 Å². The van der Waals surface area contributed by atoms with Gasteiger partial charge in [-0.1, -0.05) is 18.2 Å². The summed E-state index contributed by atoms with van der Waals surface area (Å²) in [5.41, 5.74) is -0.284. The molecule has 0 amide bonds. The van der Waals surface area contributed by atoms with Gasteiger partial charge >= 0.3 is 0 Å². The van der Waals surface area contributed by atoms with Crippen molar-refractivity contribution >= 4 is 28.5 Å². The number of benzene rings is 2. The number of hydrogen-bond donors (Lipinski definition) is 2. The van der Waals surface area contributed by atoms with Crippen LogP contribution >= 0.6 is 11.8 Å². The Morgan fingerprint density at radius 3 is 2.71 bits per heavy atom. The maximum atomic E-state index is 14.4. The van der Waals surface area contributed by atoms with Crippen LogP contribution in [0.25, 0.3) is 10.9 Å². The van der Waals surface area contributed by atoms with Crippen molar-refractivity contribution in [2.45, 2.75) is 31.4 Å². The van der Waals surface area contributed by atoms with Crippen LogP contribution in [0.2, 0.25) is 0 Å². The van der Waals surface area contributed by atoms with Crippen LogP contribution in [-0.2, 0) is 12.1 Å². The highest BCUT2D eigenvalue weighted by Gasteiger charge is 2.34. The van der Waals surface area contributed by atoms with Crippen molar-refractivity contribution in [3.63, 3.8) is 0 Å². The fraction of sp³-hybridized carbons (Fsp3) is 0.364. The number of methoxy groups -OCH3 is 1. The number of alkyl halides is 2. The molecule has 3 aromatic rings. The topological polar surface area (TPSA) is 67.3 Å². The molecular formula is C22H22F3N3O2S. The van der Waals surface area contributed by atoms with Gasteiger partial charge in [-0.3, -0.25) is 0 Å². The quantitative estimate of drug-likeness (QED) is 0.550. The minimum atomic E-state index is -2.88. The zero-order valence-electron chi connectivity index (χ0n) is 16.9. The summed E-state index contributed by atoms with van der Waals surface area (Å²) in [5.74, 6) is 1.72. The predicted molar refractivity (Wildman–Crippen MR) is 115 cm³/mol. The maximum Gasteiger partial charge on any atom is 0.266 e. The number of aromatic nitrogens is 2. The Labute approximate surface area is 182 Å². The summed E-state index contributed by atoms with van der Waals surface area (Å²) in [6, 6.07) is 7.48. The lowest BCUT2D eigenvalue weighted by Crippen LogP contribution is -2.31. The number of halogens is 3. The second kappa shape index (κ2) is 8.92. The minimum Gasteiger partial charge on any atom is -0.496 e. The fourth-order valence-electron chi connectivity index (χ4n) is 3.82. The first-order valence-corrected chi connectivity index (χ1v) is 11.0. The van der Waals surface area contributed by atoms with E-state index >= 15 is 0 Å². The number of ether oxygens (including phenoxy) is 1. The number of nitrogens with zero attached hydrogens (tertiary/aromatic N) is 2. The van der Waals surface area contributed by atoms with E-state index in [1.807, 2.05) is 0 Å². The van der Waals surface area contributed by atoms with E-state index in [0.717, 1.165) is 17.6 Å². The normalized spacial score (nSPS) is 15.9. The molecule has 5 nitrogen and oxygen atoms in total. The molecule has 0 radical (unpaired) electrons. The zero-order valence-corrected chi connectivity index (χ0v) is 17.7. The van der Waals surface area contributed by atoms with Crippen LogP contribution in [0, 0.1) is 5.82 Å². The third-order valence-corrected chi connectivity index (χ3v) is 6.55. The number of hydrogen-bond acceptors (Lipinski definition) is 6. The van der Waals surface area contributed by atoms with Crippen LogP contribution in [0.5, 0.6) is 5.75 Å². The molecule has 0 unspecified atom stereocenters. The Hall–Kier alpha value is -2.52. The van der Waals surface area contributed by atoms with Crippen LogP contribution in [-0.4, -0.2) is 33.7 Å². The molecule has 164 valence electrons. The molecule has 2 N–H and O–H groups in total. The lowest BCUT2D eigenvalue weighted by atomic mass is 9.86. The number of thioether (sulfide) groups is 1. The van der Waals surface area contributed by atoms with Crippen LogP contribution in [0.1, 0.15) is 36.0 Å². The molecule has 1 aliphatic heterocycles. The third kappa shape index (κ3) is 4.29. The summed E-state index contributed by atoms with van der Waals surface area (Å²) < 4.78 is 45.9. The predicted octanol–water partition coefficient (Wildman–Crippen LogP) is 5.04. The van der Waals surface area contributed by atoms with E-state index in [2.05, 4.69) is 15.3 Å². The van der Waals surface area contributed by atoms with Crippen LogP contribution in [0.3, 0.4) is 0 Å². The van der Waals surface area contributed by atoms with E-state index in [9.17, 15) is 18.3 Å². The molecule has 4 rings (SSSR count). The summed E-state index contributed by atoms with van der Waals surface area (Å²) in [7, 11) is 1.55. The van der Waals surface area contributed by atoms with Crippen molar-refractivity contribution in [2.75, 3.05) is 23.9 Å². The molecule has 31 heavy (non-hydrogen) atoms. The summed E-state index contributed by atoms with van der Waals surface area (Å²) >= 11 is 1.80. The molecule has 2 heterocycles. The first kappa shape index (κ1) is 21.7.